The lowest BCUT2D eigenvalue weighted by Crippen LogP contribution is -2.47. The highest BCUT2D eigenvalue weighted by atomic mass is 35.5. The molecule has 1 rings (SSSR count). The van der Waals surface area contributed by atoms with Gasteiger partial charge in [0.1, 0.15) is 0 Å². The van der Waals surface area contributed by atoms with Crippen molar-refractivity contribution in [2.45, 2.75) is 53.4 Å². The Morgan fingerprint density at radius 2 is 1.89 bits per heavy atom. The third-order valence-electron chi connectivity index (χ3n) is 4.90. The molecule has 2 N–H and O–H groups in total. The van der Waals surface area contributed by atoms with E-state index >= 15 is 0 Å². The molecule has 0 aromatic heterocycles. The van der Waals surface area contributed by atoms with E-state index in [1.165, 1.54) is 0 Å². The maximum atomic E-state index is 12.6. The molecular formula is C14H29ClN2O. The maximum Gasteiger partial charge on any atom is 0.230 e. The van der Waals surface area contributed by atoms with Crippen LogP contribution in [0.3, 0.4) is 0 Å². The summed E-state index contributed by atoms with van der Waals surface area (Å²) in [5, 5.41) is 0. The molecule has 1 heterocycles. The minimum atomic E-state index is -0.320. The third kappa shape index (κ3) is 3.18. The first-order valence-corrected chi connectivity index (χ1v) is 6.96. The molecule has 1 aliphatic rings. The Morgan fingerprint density at radius 3 is 2.22 bits per heavy atom. The summed E-state index contributed by atoms with van der Waals surface area (Å²) in [5.74, 6) is 0.280. The minimum absolute atomic E-state index is 0. The van der Waals surface area contributed by atoms with Crippen molar-refractivity contribution >= 4 is 18.3 Å². The Morgan fingerprint density at radius 1 is 1.33 bits per heavy atom. The lowest BCUT2D eigenvalue weighted by atomic mass is 9.81. The molecular weight excluding hydrogens is 248 g/mol. The van der Waals surface area contributed by atoms with E-state index in [1.807, 2.05) is 4.90 Å². The molecule has 1 aliphatic heterocycles. The van der Waals surface area contributed by atoms with E-state index in [2.05, 4.69) is 27.7 Å². The first-order chi connectivity index (χ1) is 7.97. The Kier molecular flexibility index (Phi) is 6.66. The summed E-state index contributed by atoms with van der Waals surface area (Å²) in [6, 6.07) is 0. The smallest absolute Gasteiger partial charge is 0.230 e. The van der Waals surface area contributed by atoms with Gasteiger partial charge in [-0.2, -0.15) is 0 Å². The fourth-order valence-electron chi connectivity index (χ4n) is 2.75. The van der Waals surface area contributed by atoms with E-state index in [4.69, 9.17) is 5.73 Å². The third-order valence-corrected chi connectivity index (χ3v) is 4.90. The highest BCUT2D eigenvalue weighted by Gasteiger charge is 2.42. The maximum absolute atomic E-state index is 12.6. The largest absolute Gasteiger partial charge is 0.342 e. The van der Waals surface area contributed by atoms with Crippen LogP contribution >= 0.6 is 12.4 Å². The predicted octanol–water partition coefficient (Wildman–Crippen LogP) is 2.82. The van der Waals surface area contributed by atoms with Gasteiger partial charge in [0.05, 0.1) is 5.41 Å². The molecule has 0 saturated carbocycles. The molecule has 1 fully saturated rings. The lowest BCUT2D eigenvalue weighted by molar-refractivity contribution is -0.141. The molecule has 1 unspecified atom stereocenters. The number of amides is 1. The standard InChI is InChI=1S/C14H28N2O.ClH/c1-5-13(4)8-9-16(11-13)12(17)14(6-2,7-3)10-15;/h5-11,15H2,1-4H3;1H. The molecule has 0 aromatic carbocycles. The van der Waals surface area contributed by atoms with Crippen LogP contribution in [-0.4, -0.2) is 30.4 Å². The number of hydrogen-bond donors (Lipinski definition) is 1. The Hall–Kier alpha value is -0.280. The van der Waals surface area contributed by atoms with Gasteiger partial charge in [0.15, 0.2) is 0 Å². The summed E-state index contributed by atoms with van der Waals surface area (Å²) in [6.07, 6.45) is 3.96. The van der Waals surface area contributed by atoms with Crippen molar-refractivity contribution in [1.82, 2.24) is 4.90 Å². The summed E-state index contributed by atoms with van der Waals surface area (Å²) in [5.41, 5.74) is 5.85. The molecule has 0 spiro atoms. The average Bonchev–Trinajstić information content (AvgIpc) is 2.75. The van der Waals surface area contributed by atoms with Crippen LogP contribution in [0.1, 0.15) is 53.4 Å². The highest BCUT2D eigenvalue weighted by molar-refractivity contribution is 5.85. The summed E-state index contributed by atoms with van der Waals surface area (Å²) in [7, 11) is 0. The first kappa shape index (κ1) is 17.7. The second-order valence-corrected chi connectivity index (χ2v) is 5.83. The van der Waals surface area contributed by atoms with Crippen molar-refractivity contribution in [2.24, 2.45) is 16.6 Å². The van der Waals surface area contributed by atoms with Crippen molar-refractivity contribution in [2.75, 3.05) is 19.6 Å². The second kappa shape index (κ2) is 6.76. The Bertz CT molecular complexity index is 271. The first-order valence-electron chi connectivity index (χ1n) is 6.96. The number of halogens is 1. The fourth-order valence-corrected chi connectivity index (χ4v) is 2.75. The number of carbonyl (C=O) groups is 1. The van der Waals surface area contributed by atoms with E-state index < -0.39 is 0 Å². The van der Waals surface area contributed by atoms with Crippen LogP contribution in [0.5, 0.6) is 0 Å². The topological polar surface area (TPSA) is 46.3 Å². The highest BCUT2D eigenvalue weighted by Crippen LogP contribution is 2.36. The molecule has 0 aromatic rings. The van der Waals surface area contributed by atoms with Gasteiger partial charge in [0, 0.05) is 19.6 Å². The van der Waals surface area contributed by atoms with Gasteiger partial charge in [0.25, 0.3) is 0 Å². The van der Waals surface area contributed by atoms with Crippen molar-refractivity contribution in [1.29, 1.82) is 0 Å². The molecule has 0 radical (unpaired) electrons. The van der Waals surface area contributed by atoms with Gasteiger partial charge in [-0.15, -0.1) is 12.4 Å². The summed E-state index contributed by atoms with van der Waals surface area (Å²) < 4.78 is 0. The van der Waals surface area contributed by atoms with E-state index in [0.717, 1.165) is 38.8 Å². The van der Waals surface area contributed by atoms with E-state index in [0.29, 0.717) is 12.0 Å². The van der Waals surface area contributed by atoms with Gasteiger partial charge in [-0.1, -0.05) is 27.7 Å². The molecule has 0 bridgehead atoms. The van der Waals surface area contributed by atoms with Gasteiger partial charge >= 0.3 is 0 Å². The summed E-state index contributed by atoms with van der Waals surface area (Å²) in [4.78, 5) is 14.7. The SMILES string of the molecule is CCC1(C)CCN(C(=O)C(CC)(CC)CN)C1.Cl. The fraction of sp³-hybridized carbons (Fsp3) is 0.929. The zero-order valence-corrected chi connectivity index (χ0v) is 13.1. The number of carbonyl (C=O) groups excluding carboxylic acids is 1. The number of likely N-dealkylation sites (tertiary alicyclic amines) is 1. The van der Waals surface area contributed by atoms with Crippen LogP contribution in [0.25, 0.3) is 0 Å². The summed E-state index contributed by atoms with van der Waals surface area (Å²) >= 11 is 0. The van der Waals surface area contributed by atoms with Gasteiger partial charge < -0.3 is 10.6 Å². The van der Waals surface area contributed by atoms with Crippen molar-refractivity contribution < 1.29 is 4.79 Å². The number of nitrogens with two attached hydrogens (primary N) is 1. The summed E-state index contributed by atoms with van der Waals surface area (Å²) in [6.45, 7) is 10.9. The Labute approximate surface area is 118 Å². The van der Waals surface area contributed by atoms with Crippen molar-refractivity contribution in [3.05, 3.63) is 0 Å². The average molecular weight is 277 g/mol. The van der Waals surface area contributed by atoms with Crippen LogP contribution < -0.4 is 5.73 Å². The minimum Gasteiger partial charge on any atom is -0.342 e. The van der Waals surface area contributed by atoms with E-state index in [-0.39, 0.29) is 23.7 Å². The van der Waals surface area contributed by atoms with E-state index in [1.54, 1.807) is 0 Å². The van der Waals surface area contributed by atoms with Crippen molar-refractivity contribution in [3.63, 3.8) is 0 Å². The quantitative estimate of drug-likeness (QED) is 0.839. The van der Waals surface area contributed by atoms with Gasteiger partial charge in [-0.25, -0.2) is 0 Å². The van der Waals surface area contributed by atoms with Gasteiger partial charge in [-0.3, -0.25) is 4.79 Å². The zero-order chi connectivity index (χ0) is 13.1. The normalized spacial score (nSPS) is 23.9. The molecule has 108 valence electrons. The molecule has 1 amide bonds. The van der Waals surface area contributed by atoms with Gasteiger partial charge in [0.2, 0.25) is 5.91 Å². The monoisotopic (exact) mass is 276 g/mol. The van der Waals surface area contributed by atoms with Crippen molar-refractivity contribution in [3.8, 4) is 0 Å². The van der Waals surface area contributed by atoms with E-state index in [9.17, 15) is 4.79 Å². The lowest BCUT2D eigenvalue weighted by Gasteiger charge is -2.34. The molecule has 1 atom stereocenters. The molecule has 0 aliphatic carbocycles. The van der Waals surface area contributed by atoms with Crippen LogP contribution in [0, 0.1) is 10.8 Å². The van der Waals surface area contributed by atoms with Crippen LogP contribution in [-0.2, 0) is 4.79 Å². The van der Waals surface area contributed by atoms with Crippen LogP contribution in [0.4, 0.5) is 0 Å². The zero-order valence-electron chi connectivity index (χ0n) is 12.3. The van der Waals surface area contributed by atoms with Crippen LogP contribution in [0.2, 0.25) is 0 Å². The predicted molar refractivity (Wildman–Crippen MR) is 78.9 cm³/mol. The molecule has 4 heteroatoms. The number of rotatable bonds is 5. The molecule has 18 heavy (non-hydrogen) atoms. The van der Waals surface area contributed by atoms with Crippen LogP contribution in [0.15, 0.2) is 0 Å². The number of hydrogen-bond acceptors (Lipinski definition) is 2. The molecule has 1 saturated heterocycles. The molecule has 3 nitrogen and oxygen atoms in total. The Balaban J connectivity index is 0.00000289. The van der Waals surface area contributed by atoms with Gasteiger partial charge in [-0.05, 0) is 31.1 Å². The number of nitrogens with zero attached hydrogens (tertiary/aromatic N) is 1. The second-order valence-electron chi connectivity index (χ2n) is 5.83.